The van der Waals surface area contributed by atoms with Crippen LogP contribution >= 0.6 is 0 Å². The molecule has 1 fully saturated rings. The van der Waals surface area contributed by atoms with E-state index in [1.165, 1.54) is 12.4 Å². The molecule has 0 aromatic carbocycles. The number of alkyl halides is 3. The first kappa shape index (κ1) is 12.9. The number of nitrogens with one attached hydrogen (secondary N) is 2. The molecule has 2 rings (SSSR count). The van der Waals surface area contributed by atoms with Crippen LogP contribution in [0.5, 0.6) is 0 Å². The molecule has 1 heterocycles. The Bertz CT molecular complexity index is 415. The van der Waals surface area contributed by atoms with E-state index in [1.807, 2.05) is 6.92 Å². The summed E-state index contributed by atoms with van der Waals surface area (Å²) < 4.78 is 38.3. The van der Waals surface area contributed by atoms with Crippen LogP contribution in [-0.2, 0) is 0 Å². The molecule has 0 spiro atoms. The molecule has 1 aliphatic rings. The maximum Gasteiger partial charge on any atom is 0.411 e. The molecule has 100 valence electrons. The molecule has 1 aliphatic carbocycles. The molecule has 4 nitrogen and oxygen atoms in total. The Morgan fingerprint density at radius 3 is 2.50 bits per heavy atom. The summed E-state index contributed by atoms with van der Waals surface area (Å²) >= 11 is 0. The first-order valence-corrected chi connectivity index (χ1v) is 5.88. The van der Waals surface area contributed by atoms with Gasteiger partial charge >= 0.3 is 6.18 Å². The van der Waals surface area contributed by atoms with Crippen molar-refractivity contribution in [1.29, 1.82) is 0 Å². The van der Waals surface area contributed by atoms with Crippen LogP contribution < -0.4 is 10.6 Å². The van der Waals surface area contributed by atoms with Crippen molar-refractivity contribution in [2.24, 2.45) is 0 Å². The molecule has 0 unspecified atom stereocenters. The van der Waals surface area contributed by atoms with E-state index < -0.39 is 11.7 Å². The van der Waals surface area contributed by atoms with Crippen molar-refractivity contribution in [1.82, 2.24) is 9.97 Å². The Kier molecular flexibility index (Phi) is 3.32. The fourth-order valence-corrected chi connectivity index (χ4v) is 1.61. The zero-order valence-corrected chi connectivity index (χ0v) is 10.0. The van der Waals surface area contributed by atoms with Gasteiger partial charge < -0.3 is 10.6 Å². The summed E-state index contributed by atoms with van der Waals surface area (Å²) in [6.07, 6.45) is -0.361. The van der Waals surface area contributed by atoms with Gasteiger partial charge in [0.15, 0.2) is 0 Å². The highest BCUT2D eigenvalue weighted by Crippen LogP contribution is 2.50. The molecule has 1 aromatic heterocycles. The number of aromatic nitrogens is 2. The minimum absolute atomic E-state index is 0.0881. The molecular formula is C11H15F3N4. The van der Waals surface area contributed by atoms with E-state index in [-0.39, 0.29) is 18.7 Å². The number of hydrogen-bond acceptors (Lipinski definition) is 4. The van der Waals surface area contributed by atoms with Crippen molar-refractivity contribution in [2.75, 3.05) is 17.2 Å². The van der Waals surface area contributed by atoms with Gasteiger partial charge in [0.1, 0.15) is 17.2 Å². The third-order valence-electron chi connectivity index (χ3n) is 2.85. The Morgan fingerprint density at radius 1 is 1.28 bits per heavy atom. The minimum atomic E-state index is -4.25. The summed E-state index contributed by atoms with van der Waals surface area (Å²) in [4.78, 5) is 7.94. The SMILES string of the molecule is CCCNc1cncc(NC2(C(F)(F)F)CC2)n1. The number of rotatable bonds is 5. The zero-order chi connectivity index (χ0) is 13.2. The van der Waals surface area contributed by atoms with Crippen molar-refractivity contribution >= 4 is 11.6 Å². The monoisotopic (exact) mass is 260 g/mol. The van der Waals surface area contributed by atoms with E-state index in [2.05, 4.69) is 20.6 Å². The van der Waals surface area contributed by atoms with E-state index in [4.69, 9.17) is 0 Å². The molecule has 0 aliphatic heterocycles. The van der Waals surface area contributed by atoms with Gasteiger partial charge in [-0.15, -0.1) is 0 Å². The van der Waals surface area contributed by atoms with E-state index in [1.54, 1.807) is 0 Å². The highest BCUT2D eigenvalue weighted by Gasteiger charge is 2.63. The standard InChI is InChI=1S/C11H15F3N4/c1-2-5-16-8-6-15-7-9(17-8)18-10(3-4-10)11(12,13)14/h6-7H,2-5H2,1H3,(H2,16,17,18). The molecule has 0 atom stereocenters. The van der Waals surface area contributed by atoms with Gasteiger partial charge in [0, 0.05) is 6.54 Å². The Labute approximate surface area is 103 Å². The van der Waals surface area contributed by atoms with Crippen LogP contribution in [0.3, 0.4) is 0 Å². The van der Waals surface area contributed by atoms with Gasteiger partial charge in [-0.2, -0.15) is 13.2 Å². The van der Waals surface area contributed by atoms with Gasteiger partial charge in [-0.1, -0.05) is 6.92 Å². The van der Waals surface area contributed by atoms with Crippen molar-refractivity contribution in [2.45, 2.75) is 37.9 Å². The van der Waals surface area contributed by atoms with Crippen molar-refractivity contribution < 1.29 is 13.2 Å². The van der Waals surface area contributed by atoms with E-state index in [9.17, 15) is 13.2 Å². The molecule has 0 radical (unpaired) electrons. The highest BCUT2D eigenvalue weighted by molar-refractivity contribution is 5.45. The highest BCUT2D eigenvalue weighted by atomic mass is 19.4. The van der Waals surface area contributed by atoms with E-state index >= 15 is 0 Å². The summed E-state index contributed by atoms with van der Waals surface area (Å²) in [7, 11) is 0. The average Bonchev–Trinajstić information content (AvgIpc) is 3.07. The Morgan fingerprint density at radius 2 is 1.94 bits per heavy atom. The molecule has 7 heteroatoms. The predicted molar refractivity (Wildman–Crippen MR) is 62.5 cm³/mol. The van der Waals surface area contributed by atoms with Crippen LogP contribution in [0.1, 0.15) is 26.2 Å². The molecule has 1 aromatic rings. The first-order chi connectivity index (χ1) is 8.47. The van der Waals surface area contributed by atoms with Gasteiger partial charge in [0.2, 0.25) is 0 Å². The van der Waals surface area contributed by atoms with E-state index in [0.717, 1.165) is 6.42 Å². The molecule has 2 N–H and O–H groups in total. The Balaban J connectivity index is 2.06. The summed E-state index contributed by atoms with van der Waals surface area (Å²) in [6, 6.07) is 0. The predicted octanol–water partition coefficient (Wildman–Crippen LogP) is 2.81. The summed E-state index contributed by atoms with van der Waals surface area (Å²) in [5, 5.41) is 5.43. The first-order valence-electron chi connectivity index (χ1n) is 5.88. The van der Waals surface area contributed by atoms with E-state index in [0.29, 0.717) is 12.4 Å². The molecular weight excluding hydrogens is 245 g/mol. The van der Waals surface area contributed by atoms with Crippen LogP contribution in [0.25, 0.3) is 0 Å². The van der Waals surface area contributed by atoms with Gasteiger partial charge in [0.05, 0.1) is 12.4 Å². The molecule has 0 bridgehead atoms. The van der Waals surface area contributed by atoms with Gasteiger partial charge in [-0.3, -0.25) is 4.98 Å². The van der Waals surface area contributed by atoms with Crippen LogP contribution in [0.4, 0.5) is 24.8 Å². The molecule has 0 amide bonds. The maximum absolute atomic E-state index is 12.8. The van der Waals surface area contributed by atoms with Crippen molar-refractivity contribution in [3.63, 3.8) is 0 Å². The van der Waals surface area contributed by atoms with Crippen molar-refractivity contribution in [3.05, 3.63) is 12.4 Å². The topological polar surface area (TPSA) is 49.8 Å². The van der Waals surface area contributed by atoms with Gasteiger partial charge in [0.25, 0.3) is 0 Å². The number of hydrogen-bond donors (Lipinski definition) is 2. The third-order valence-corrected chi connectivity index (χ3v) is 2.85. The number of nitrogens with zero attached hydrogens (tertiary/aromatic N) is 2. The van der Waals surface area contributed by atoms with Gasteiger partial charge in [-0.05, 0) is 19.3 Å². The molecule has 0 saturated heterocycles. The maximum atomic E-state index is 12.8. The normalized spacial score (nSPS) is 17.3. The summed E-state index contributed by atoms with van der Waals surface area (Å²) in [5.74, 6) is 0.644. The fourth-order valence-electron chi connectivity index (χ4n) is 1.61. The lowest BCUT2D eigenvalue weighted by atomic mass is 10.2. The largest absolute Gasteiger partial charge is 0.411 e. The summed E-state index contributed by atoms with van der Waals surface area (Å²) in [5.41, 5.74) is -1.80. The second-order valence-corrected chi connectivity index (χ2v) is 4.42. The quantitative estimate of drug-likeness (QED) is 0.854. The smallest absolute Gasteiger partial charge is 0.369 e. The van der Waals surface area contributed by atoms with Crippen LogP contribution in [0.2, 0.25) is 0 Å². The minimum Gasteiger partial charge on any atom is -0.369 e. The van der Waals surface area contributed by atoms with Crippen molar-refractivity contribution in [3.8, 4) is 0 Å². The zero-order valence-electron chi connectivity index (χ0n) is 10.0. The lowest BCUT2D eigenvalue weighted by molar-refractivity contribution is -0.151. The van der Waals surface area contributed by atoms with Crippen LogP contribution in [-0.4, -0.2) is 28.2 Å². The molecule has 18 heavy (non-hydrogen) atoms. The Hall–Kier alpha value is -1.53. The van der Waals surface area contributed by atoms with Crippen LogP contribution in [0.15, 0.2) is 12.4 Å². The number of halogens is 3. The lowest BCUT2D eigenvalue weighted by Crippen LogP contribution is -2.39. The third kappa shape index (κ3) is 2.65. The summed E-state index contributed by atoms with van der Waals surface area (Å²) in [6.45, 7) is 2.70. The fraction of sp³-hybridized carbons (Fsp3) is 0.636. The second-order valence-electron chi connectivity index (χ2n) is 4.42. The average molecular weight is 260 g/mol. The molecule has 1 saturated carbocycles. The lowest BCUT2D eigenvalue weighted by Gasteiger charge is -2.21. The van der Waals surface area contributed by atoms with Gasteiger partial charge in [-0.25, -0.2) is 4.98 Å². The van der Waals surface area contributed by atoms with Crippen LogP contribution in [0, 0.1) is 0 Å². The number of anilines is 2. The second kappa shape index (κ2) is 4.62.